The van der Waals surface area contributed by atoms with Crippen molar-refractivity contribution in [2.75, 3.05) is 0 Å². The Kier molecular flexibility index (Phi) is 4.52. The molecule has 4 aromatic heterocycles. The predicted octanol–water partition coefficient (Wildman–Crippen LogP) is -2.52. The molecule has 4 heteroatoms. The van der Waals surface area contributed by atoms with Gasteiger partial charge in [-0.25, -0.2) is 0 Å². The summed E-state index contributed by atoms with van der Waals surface area (Å²) in [5.74, 6) is 0. The quantitative estimate of drug-likeness (QED) is 0.142. The average Bonchev–Trinajstić information content (AvgIpc) is 2.58. The summed E-state index contributed by atoms with van der Waals surface area (Å²) in [6.07, 6.45) is 8.65. The summed E-state index contributed by atoms with van der Waals surface area (Å²) >= 11 is 0. The molecule has 0 atom stereocenters. The van der Waals surface area contributed by atoms with Crippen molar-refractivity contribution in [1.29, 1.82) is 0 Å². The van der Waals surface area contributed by atoms with Crippen LogP contribution in [0.2, 0.25) is 0 Å². The SMILES string of the molecule is [Br-].[Br-].c1cc[n+]2cc3c(ccc4cc5cccc[n+]5cc43)cc2c1. The molecule has 1 aromatic carbocycles. The van der Waals surface area contributed by atoms with E-state index >= 15 is 0 Å². The van der Waals surface area contributed by atoms with Gasteiger partial charge < -0.3 is 34.0 Å². The first kappa shape index (κ1) is 16.8. The van der Waals surface area contributed by atoms with Gasteiger partial charge in [0.25, 0.3) is 0 Å². The second kappa shape index (κ2) is 6.46. The third kappa shape index (κ3) is 2.56. The van der Waals surface area contributed by atoms with E-state index < -0.39 is 0 Å². The zero-order valence-corrected chi connectivity index (χ0v) is 15.9. The van der Waals surface area contributed by atoms with Gasteiger partial charge in [-0.1, -0.05) is 12.1 Å². The molecular weight excluding hydrogens is 428 g/mol. The van der Waals surface area contributed by atoms with Crippen LogP contribution in [0.25, 0.3) is 32.6 Å². The molecule has 0 N–H and O–H groups in total. The Balaban J connectivity index is 0.000000845. The van der Waals surface area contributed by atoms with Crippen LogP contribution >= 0.6 is 0 Å². The highest BCUT2D eigenvalue weighted by atomic mass is 79.9. The van der Waals surface area contributed by atoms with Gasteiger partial charge in [0.1, 0.15) is 0 Å². The molecule has 0 aliphatic carbocycles. The van der Waals surface area contributed by atoms with E-state index in [-0.39, 0.29) is 34.0 Å². The highest BCUT2D eigenvalue weighted by Gasteiger charge is 2.11. The van der Waals surface area contributed by atoms with Crippen molar-refractivity contribution in [3.05, 3.63) is 85.5 Å². The molecule has 0 radical (unpaired) electrons. The Labute approximate surface area is 160 Å². The fourth-order valence-electron chi connectivity index (χ4n) is 3.22. The second-order valence-corrected chi connectivity index (χ2v) is 5.68. The number of hydrogen-bond acceptors (Lipinski definition) is 0. The van der Waals surface area contributed by atoms with Gasteiger partial charge in [-0.2, -0.15) is 8.80 Å². The lowest BCUT2D eigenvalue weighted by Gasteiger charge is -2.02. The van der Waals surface area contributed by atoms with E-state index in [1.807, 2.05) is 0 Å². The van der Waals surface area contributed by atoms with E-state index in [1.165, 1.54) is 32.6 Å². The van der Waals surface area contributed by atoms with Crippen LogP contribution in [0.1, 0.15) is 0 Å². The van der Waals surface area contributed by atoms with Crippen LogP contribution in [0.15, 0.2) is 85.5 Å². The van der Waals surface area contributed by atoms with Gasteiger partial charge in [-0.05, 0) is 22.9 Å². The summed E-state index contributed by atoms with van der Waals surface area (Å²) in [5.41, 5.74) is 2.42. The summed E-state index contributed by atoms with van der Waals surface area (Å²) < 4.78 is 4.36. The van der Waals surface area contributed by atoms with Gasteiger partial charge in [-0.15, -0.1) is 0 Å². The normalized spacial score (nSPS) is 10.7. The summed E-state index contributed by atoms with van der Waals surface area (Å²) in [5, 5.41) is 5.10. The molecule has 0 amide bonds. The number of rotatable bonds is 0. The van der Waals surface area contributed by atoms with Crippen LogP contribution in [0.4, 0.5) is 0 Å². The molecular formula is C20H14Br2N2. The number of hydrogen-bond donors (Lipinski definition) is 0. The molecule has 0 aliphatic heterocycles. The molecule has 2 nitrogen and oxygen atoms in total. The Morgan fingerprint density at radius 2 is 1.00 bits per heavy atom. The maximum Gasteiger partial charge on any atom is 0.211 e. The zero-order chi connectivity index (χ0) is 14.5. The third-order valence-electron chi connectivity index (χ3n) is 4.34. The average molecular weight is 442 g/mol. The highest BCUT2D eigenvalue weighted by Crippen LogP contribution is 2.24. The molecule has 0 aliphatic rings. The third-order valence-corrected chi connectivity index (χ3v) is 4.34. The van der Waals surface area contributed by atoms with Crippen molar-refractivity contribution in [1.82, 2.24) is 0 Å². The largest absolute Gasteiger partial charge is 1.00 e. The summed E-state index contributed by atoms with van der Waals surface area (Å²) in [4.78, 5) is 0. The summed E-state index contributed by atoms with van der Waals surface area (Å²) in [6, 6.07) is 21.5. The fourth-order valence-corrected chi connectivity index (χ4v) is 3.22. The van der Waals surface area contributed by atoms with Crippen molar-refractivity contribution in [3.63, 3.8) is 0 Å². The van der Waals surface area contributed by atoms with Gasteiger partial charge in [0.15, 0.2) is 24.8 Å². The smallest absolute Gasteiger partial charge is 0.211 e. The van der Waals surface area contributed by atoms with Crippen LogP contribution < -0.4 is 42.8 Å². The van der Waals surface area contributed by atoms with Gasteiger partial charge in [0.2, 0.25) is 11.0 Å². The molecule has 118 valence electrons. The molecule has 0 saturated heterocycles. The highest BCUT2D eigenvalue weighted by molar-refractivity contribution is 6.07. The lowest BCUT2D eigenvalue weighted by atomic mass is 10.0. The lowest BCUT2D eigenvalue weighted by Crippen LogP contribution is -3.00. The molecule has 0 fully saturated rings. The Hall–Kier alpha value is -2.04. The molecule has 0 unspecified atom stereocenters. The van der Waals surface area contributed by atoms with E-state index in [1.54, 1.807) is 0 Å². The molecule has 0 spiro atoms. The Bertz CT molecular complexity index is 1090. The van der Waals surface area contributed by atoms with Gasteiger partial charge in [-0.3, -0.25) is 0 Å². The maximum absolute atomic E-state index is 2.24. The van der Waals surface area contributed by atoms with Gasteiger partial charge >= 0.3 is 0 Å². The second-order valence-electron chi connectivity index (χ2n) is 5.68. The standard InChI is InChI=1S/C20H14N2.2BrH/c1-3-9-21-13-19-15(11-17(21)5-1)7-8-16-12-18-6-2-4-10-22(18)14-20(16)19;;/h1-14H;2*1H/q+2;;/p-2. The molecule has 24 heavy (non-hydrogen) atoms. The van der Waals surface area contributed by atoms with Crippen LogP contribution in [-0.4, -0.2) is 0 Å². The van der Waals surface area contributed by atoms with Crippen molar-refractivity contribution in [2.45, 2.75) is 0 Å². The van der Waals surface area contributed by atoms with Crippen molar-refractivity contribution < 1.29 is 42.8 Å². The molecule has 0 bridgehead atoms. The molecule has 0 saturated carbocycles. The minimum absolute atomic E-state index is 0. The van der Waals surface area contributed by atoms with Crippen LogP contribution in [0.3, 0.4) is 0 Å². The predicted molar refractivity (Wildman–Crippen MR) is 87.8 cm³/mol. The minimum atomic E-state index is 0. The Morgan fingerprint density at radius 3 is 1.46 bits per heavy atom. The number of pyridine rings is 4. The molecule has 5 rings (SSSR count). The van der Waals surface area contributed by atoms with E-state index in [0.717, 1.165) is 0 Å². The van der Waals surface area contributed by atoms with E-state index in [4.69, 9.17) is 0 Å². The number of halogens is 2. The number of aromatic nitrogens is 2. The molecule has 5 aromatic rings. The zero-order valence-electron chi connectivity index (χ0n) is 12.7. The fraction of sp³-hybridized carbons (Fsp3) is 0. The van der Waals surface area contributed by atoms with Crippen LogP contribution in [-0.2, 0) is 0 Å². The number of nitrogens with zero attached hydrogens (tertiary/aromatic N) is 2. The number of fused-ring (bicyclic) bond motifs is 5. The lowest BCUT2D eigenvalue weighted by molar-refractivity contribution is -0.511. The first-order valence-electron chi connectivity index (χ1n) is 7.45. The first-order valence-corrected chi connectivity index (χ1v) is 7.45. The topological polar surface area (TPSA) is 8.20 Å². The van der Waals surface area contributed by atoms with E-state index in [9.17, 15) is 0 Å². The van der Waals surface area contributed by atoms with Gasteiger partial charge in [0, 0.05) is 36.4 Å². The van der Waals surface area contributed by atoms with Gasteiger partial charge in [0.05, 0.1) is 10.8 Å². The monoisotopic (exact) mass is 440 g/mol. The van der Waals surface area contributed by atoms with Crippen molar-refractivity contribution in [2.24, 2.45) is 0 Å². The first-order chi connectivity index (χ1) is 10.9. The van der Waals surface area contributed by atoms with E-state index in [0.29, 0.717) is 0 Å². The summed E-state index contributed by atoms with van der Waals surface area (Å²) in [6.45, 7) is 0. The minimum Gasteiger partial charge on any atom is -1.00 e. The summed E-state index contributed by atoms with van der Waals surface area (Å²) in [7, 11) is 0. The maximum atomic E-state index is 2.24. The number of benzene rings is 1. The van der Waals surface area contributed by atoms with E-state index in [2.05, 4.69) is 94.3 Å². The molecule has 4 heterocycles. The van der Waals surface area contributed by atoms with Crippen molar-refractivity contribution >= 4 is 32.6 Å². The van der Waals surface area contributed by atoms with Crippen molar-refractivity contribution in [3.8, 4) is 0 Å². The van der Waals surface area contributed by atoms with Crippen LogP contribution in [0, 0.1) is 0 Å². The van der Waals surface area contributed by atoms with Crippen LogP contribution in [0.5, 0.6) is 0 Å². The Morgan fingerprint density at radius 1 is 0.542 bits per heavy atom.